The Morgan fingerprint density at radius 1 is 1.29 bits per heavy atom. The number of aryl methyl sites for hydroxylation is 1. The number of carbonyl (C=O) groups excluding carboxylic acids is 2. The van der Waals surface area contributed by atoms with Gasteiger partial charge in [0, 0.05) is 21.7 Å². The predicted octanol–water partition coefficient (Wildman–Crippen LogP) is 3.89. The minimum Gasteiger partial charge on any atom is -0.340 e. The Bertz CT molecular complexity index is 715. The average Bonchev–Trinajstić information content (AvgIpc) is 2.97. The van der Waals surface area contributed by atoms with Gasteiger partial charge in [-0.05, 0) is 37.1 Å². The highest BCUT2D eigenvalue weighted by molar-refractivity contribution is 7.15. The van der Waals surface area contributed by atoms with Crippen LogP contribution in [-0.2, 0) is 4.79 Å². The molecule has 0 aliphatic carbocycles. The molecule has 2 aromatic rings. The van der Waals surface area contributed by atoms with Crippen molar-refractivity contribution in [2.24, 2.45) is 5.92 Å². The number of anilines is 1. The van der Waals surface area contributed by atoms with Crippen LogP contribution in [0.3, 0.4) is 0 Å². The van der Waals surface area contributed by atoms with Gasteiger partial charge in [0.05, 0.1) is 0 Å². The van der Waals surface area contributed by atoms with Crippen molar-refractivity contribution in [1.29, 1.82) is 0 Å². The Morgan fingerprint density at radius 2 is 1.96 bits per heavy atom. The zero-order valence-corrected chi connectivity index (χ0v) is 15.4. The van der Waals surface area contributed by atoms with Crippen LogP contribution in [-0.4, -0.2) is 22.8 Å². The first-order chi connectivity index (χ1) is 11.4. The SMILES string of the molecule is CCC(C)C(NC(=O)c1ccc(Cl)cc1)C(=O)Nc1ncc(C)s1. The van der Waals surface area contributed by atoms with Crippen LogP contribution in [0.4, 0.5) is 5.13 Å². The van der Waals surface area contributed by atoms with Crippen LogP contribution in [0.15, 0.2) is 30.5 Å². The average molecular weight is 366 g/mol. The highest BCUT2D eigenvalue weighted by Gasteiger charge is 2.27. The number of aromatic nitrogens is 1. The summed E-state index contributed by atoms with van der Waals surface area (Å²) in [5.74, 6) is -0.578. The molecule has 2 atom stereocenters. The Hall–Kier alpha value is -1.92. The van der Waals surface area contributed by atoms with E-state index in [1.165, 1.54) is 11.3 Å². The smallest absolute Gasteiger partial charge is 0.251 e. The minimum absolute atomic E-state index is 0.0118. The van der Waals surface area contributed by atoms with E-state index in [9.17, 15) is 9.59 Å². The summed E-state index contributed by atoms with van der Waals surface area (Å²) in [6.07, 6.45) is 2.46. The van der Waals surface area contributed by atoms with Crippen molar-refractivity contribution in [3.63, 3.8) is 0 Å². The van der Waals surface area contributed by atoms with E-state index in [1.807, 2.05) is 20.8 Å². The lowest BCUT2D eigenvalue weighted by molar-refractivity contribution is -0.119. The third-order valence-electron chi connectivity index (χ3n) is 3.74. The summed E-state index contributed by atoms with van der Waals surface area (Å²) in [5, 5.41) is 6.68. The van der Waals surface area contributed by atoms with Gasteiger partial charge in [-0.2, -0.15) is 0 Å². The van der Waals surface area contributed by atoms with Crippen LogP contribution in [0.25, 0.3) is 0 Å². The molecule has 0 spiro atoms. The van der Waals surface area contributed by atoms with E-state index >= 15 is 0 Å². The fraction of sp³-hybridized carbons (Fsp3) is 0.353. The normalized spacial score (nSPS) is 13.2. The van der Waals surface area contributed by atoms with Gasteiger partial charge < -0.3 is 10.6 Å². The largest absolute Gasteiger partial charge is 0.340 e. The van der Waals surface area contributed by atoms with Crippen LogP contribution in [0.1, 0.15) is 35.5 Å². The predicted molar refractivity (Wildman–Crippen MR) is 97.6 cm³/mol. The molecular weight excluding hydrogens is 346 g/mol. The van der Waals surface area contributed by atoms with Gasteiger partial charge >= 0.3 is 0 Å². The van der Waals surface area contributed by atoms with Crippen LogP contribution in [0, 0.1) is 12.8 Å². The highest BCUT2D eigenvalue weighted by atomic mass is 35.5. The molecule has 7 heteroatoms. The maximum absolute atomic E-state index is 12.6. The molecule has 1 heterocycles. The molecule has 1 aromatic heterocycles. The lowest BCUT2D eigenvalue weighted by Crippen LogP contribution is -2.47. The topological polar surface area (TPSA) is 71.1 Å². The molecule has 0 saturated heterocycles. The van der Waals surface area contributed by atoms with Crippen LogP contribution >= 0.6 is 22.9 Å². The molecule has 2 amide bonds. The zero-order chi connectivity index (χ0) is 17.7. The van der Waals surface area contributed by atoms with E-state index in [0.717, 1.165) is 11.3 Å². The van der Waals surface area contributed by atoms with Crippen LogP contribution < -0.4 is 10.6 Å². The Labute approximate surface area is 150 Å². The van der Waals surface area contributed by atoms with Crippen molar-refractivity contribution in [3.8, 4) is 0 Å². The summed E-state index contributed by atoms with van der Waals surface area (Å²) in [7, 11) is 0. The summed E-state index contributed by atoms with van der Waals surface area (Å²) in [4.78, 5) is 30.1. The molecule has 5 nitrogen and oxygen atoms in total. The van der Waals surface area contributed by atoms with Gasteiger partial charge in [-0.3, -0.25) is 9.59 Å². The summed E-state index contributed by atoms with van der Waals surface area (Å²) >= 11 is 7.24. The summed E-state index contributed by atoms with van der Waals surface area (Å²) in [5.41, 5.74) is 0.464. The van der Waals surface area contributed by atoms with Gasteiger partial charge in [0.25, 0.3) is 5.91 Å². The molecule has 2 unspecified atom stereocenters. The van der Waals surface area contributed by atoms with E-state index in [0.29, 0.717) is 15.7 Å². The molecular formula is C17H20ClN3O2S. The number of benzene rings is 1. The van der Waals surface area contributed by atoms with Crippen molar-refractivity contribution in [2.45, 2.75) is 33.2 Å². The van der Waals surface area contributed by atoms with Crippen LogP contribution in [0.5, 0.6) is 0 Å². The lowest BCUT2D eigenvalue weighted by Gasteiger charge is -2.23. The van der Waals surface area contributed by atoms with E-state index in [-0.39, 0.29) is 17.7 Å². The summed E-state index contributed by atoms with van der Waals surface area (Å²) in [6.45, 7) is 5.83. The van der Waals surface area contributed by atoms with Crippen molar-refractivity contribution in [3.05, 3.63) is 45.9 Å². The Balaban J connectivity index is 2.11. The molecule has 128 valence electrons. The number of hydrogen-bond donors (Lipinski definition) is 2. The molecule has 24 heavy (non-hydrogen) atoms. The van der Waals surface area contributed by atoms with E-state index in [4.69, 9.17) is 11.6 Å². The molecule has 2 rings (SSSR count). The first-order valence-corrected chi connectivity index (χ1v) is 8.90. The maximum Gasteiger partial charge on any atom is 0.251 e. The first kappa shape index (κ1) is 18.4. The number of hydrogen-bond acceptors (Lipinski definition) is 4. The molecule has 0 aliphatic heterocycles. The third-order valence-corrected chi connectivity index (χ3v) is 4.82. The molecule has 0 radical (unpaired) electrons. The molecule has 0 bridgehead atoms. The van der Waals surface area contributed by atoms with Gasteiger partial charge in [0.2, 0.25) is 5.91 Å². The van der Waals surface area contributed by atoms with Crippen molar-refractivity contribution in [1.82, 2.24) is 10.3 Å². The van der Waals surface area contributed by atoms with Gasteiger partial charge in [0.1, 0.15) is 6.04 Å². The highest BCUT2D eigenvalue weighted by Crippen LogP contribution is 2.18. The molecule has 0 aliphatic rings. The van der Waals surface area contributed by atoms with Crippen LogP contribution in [0.2, 0.25) is 5.02 Å². The number of rotatable bonds is 6. The van der Waals surface area contributed by atoms with Crippen molar-refractivity contribution < 1.29 is 9.59 Å². The fourth-order valence-corrected chi connectivity index (χ4v) is 2.92. The first-order valence-electron chi connectivity index (χ1n) is 7.70. The van der Waals surface area contributed by atoms with E-state index in [1.54, 1.807) is 30.5 Å². The van der Waals surface area contributed by atoms with Gasteiger partial charge in [-0.1, -0.05) is 31.9 Å². The molecule has 2 N–H and O–H groups in total. The minimum atomic E-state index is -0.637. The summed E-state index contributed by atoms with van der Waals surface area (Å²) < 4.78 is 0. The number of carbonyl (C=O) groups is 2. The van der Waals surface area contributed by atoms with Crippen molar-refractivity contribution in [2.75, 3.05) is 5.32 Å². The molecule has 1 aromatic carbocycles. The van der Waals surface area contributed by atoms with E-state index < -0.39 is 6.04 Å². The Kier molecular flexibility index (Phi) is 6.34. The third kappa shape index (κ3) is 4.79. The van der Waals surface area contributed by atoms with Gasteiger partial charge in [-0.25, -0.2) is 4.98 Å². The second-order valence-electron chi connectivity index (χ2n) is 5.61. The monoisotopic (exact) mass is 365 g/mol. The van der Waals surface area contributed by atoms with Gasteiger partial charge in [0.15, 0.2) is 5.13 Å². The zero-order valence-electron chi connectivity index (χ0n) is 13.8. The number of nitrogens with zero attached hydrogens (tertiary/aromatic N) is 1. The number of amides is 2. The molecule has 0 saturated carbocycles. The summed E-state index contributed by atoms with van der Waals surface area (Å²) in [6, 6.07) is 5.92. The molecule has 0 fully saturated rings. The standard InChI is InChI=1S/C17H20ClN3O2S/c1-4-10(2)14(16(23)21-17-19-9-11(3)24-17)20-15(22)12-5-7-13(18)8-6-12/h5-10,14H,4H2,1-3H3,(H,20,22)(H,19,21,23). The fourth-order valence-electron chi connectivity index (χ4n) is 2.12. The quantitative estimate of drug-likeness (QED) is 0.815. The maximum atomic E-state index is 12.6. The van der Waals surface area contributed by atoms with Gasteiger partial charge in [-0.15, -0.1) is 11.3 Å². The number of thiazole rings is 1. The van der Waals surface area contributed by atoms with E-state index in [2.05, 4.69) is 15.6 Å². The lowest BCUT2D eigenvalue weighted by atomic mass is 9.98. The second-order valence-corrected chi connectivity index (χ2v) is 7.28. The number of nitrogens with one attached hydrogen (secondary N) is 2. The van der Waals surface area contributed by atoms with Crippen molar-refractivity contribution >= 4 is 39.9 Å². The second kappa shape index (κ2) is 8.26. The number of halogens is 1. The Morgan fingerprint density at radius 3 is 2.50 bits per heavy atom.